The number of hydrogen-bond acceptors (Lipinski definition) is 5. The van der Waals surface area contributed by atoms with E-state index in [1.165, 1.54) is 10.7 Å². The second kappa shape index (κ2) is 7.19. The number of piperidine rings is 1. The summed E-state index contributed by atoms with van der Waals surface area (Å²) in [6.07, 6.45) is 6.38. The van der Waals surface area contributed by atoms with Crippen molar-refractivity contribution in [3.63, 3.8) is 0 Å². The van der Waals surface area contributed by atoms with E-state index >= 15 is 0 Å². The highest BCUT2D eigenvalue weighted by molar-refractivity contribution is 7.91. The minimum atomic E-state index is -3.13. The van der Waals surface area contributed by atoms with E-state index in [0.717, 1.165) is 19.3 Å². The number of fused-ring (bicyclic) bond motifs is 4. The average molecular weight is 443 g/mol. The highest BCUT2D eigenvalue weighted by Crippen LogP contribution is 2.39. The number of carbonyl (C=O) groups is 1. The molecule has 1 amide bonds. The predicted molar refractivity (Wildman–Crippen MR) is 118 cm³/mol. The third-order valence-corrected chi connectivity index (χ3v) is 8.37. The highest BCUT2D eigenvalue weighted by Gasteiger charge is 2.46. The standard InChI is InChI=1S/C22H26N4O4S/c1-3-9-24-18(13-17-20(24)23-19-6-4-5-10-25(19)21(17)27)22(28)26-14-7-8-15(26)12-16(11-14)31(2,29)30/h4-6,10,13-16H,3,7-9,11-12H2,1-2H3. The van der Waals surface area contributed by atoms with Crippen molar-refractivity contribution in [1.29, 1.82) is 0 Å². The number of amides is 1. The van der Waals surface area contributed by atoms with E-state index in [4.69, 9.17) is 0 Å². The fourth-order valence-electron chi connectivity index (χ4n) is 5.32. The summed E-state index contributed by atoms with van der Waals surface area (Å²) in [7, 11) is -3.13. The Morgan fingerprint density at radius 1 is 1.19 bits per heavy atom. The van der Waals surface area contributed by atoms with E-state index in [9.17, 15) is 18.0 Å². The molecule has 3 aromatic rings. The zero-order valence-corrected chi connectivity index (χ0v) is 18.5. The normalized spacial score (nSPS) is 23.7. The van der Waals surface area contributed by atoms with Crippen molar-refractivity contribution in [2.24, 2.45) is 0 Å². The monoisotopic (exact) mass is 442 g/mol. The summed E-state index contributed by atoms with van der Waals surface area (Å²) in [5, 5.41) is 0.0472. The van der Waals surface area contributed by atoms with Gasteiger partial charge in [0.15, 0.2) is 0 Å². The van der Waals surface area contributed by atoms with Crippen LogP contribution in [0.3, 0.4) is 0 Å². The first-order valence-electron chi connectivity index (χ1n) is 10.8. The van der Waals surface area contributed by atoms with Crippen molar-refractivity contribution >= 4 is 32.4 Å². The second-order valence-electron chi connectivity index (χ2n) is 8.78. The second-order valence-corrected chi connectivity index (χ2v) is 11.1. The van der Waals surface area contributed by atoms with Crippen LogP contribution in [-0.4, -0.2) is 56.8 Å². The van der Waals surface area contributed by atoms with Crippen LogP contribution < -0.4 is 5.56 Å². The van der Waals surface area contributed by atoms with Crippen LogP contribution in [-0.2, 0) is 16.4 Å². The number of aromatic nitrogens is 3. The predicted octanol–water partition coefficient (Wildman–Crippen LogP) is 2.24. The molecule has 2 unspecified atom stereocenters. The molecule has 31 heavy (non-hydrogen) atoms. The highest BCUT2D eigenvalue weighted by atomic mass is 32.2. The molecule has 2 aliphatic rings. The average Bonchev–Trinajstić information content (AvgIpc) is 3.22. The van der Waals surface area contributed by atoms with Crippen molar-refractivity contribution in [2.45, 2.75) is 62.9 Å². The lowest BCUT2D eigenvalue weighted by atomic mass is 10.0. The largest absolute Gasteiger partial charge is 0.331 e. The summed E-state index contributed by atoms with van der Waals surface area (Å²) >= 11 is 0. The molecule has 164 valence electrons. The molecule has 2 aliphatic heterocycles. The number of sulfone groups is 1. The van der Waals surface area contributed by atoms with E-state index in [-0.39, 0.29) is 28.8 Å². The van der Waals surface area contributed by atoms with Crippen LogP contribution in [0, 0.1) is 0 Å². The summed E-state index contributed by atoms with van der Waals surface area (Å²) in [6.45, 7) is 2.60. The minimum absolute atomic E-state index is 0.0767. The summed E-state index contributed by atoms with van der Waals surface area (Å²) in [5.74, 6) is -0.126. The Morgan fingerprint density at radius 2 is 1.90 bits per heavy atom. The number of hydrogen-bond donors (Lipinski definition) is 0. The Labute approximate surface area is 180 Å². The van der Waals surface area contributed by atoms with Gasteiger partial charge in [-0.3, -0.25) is 14.0 Å². The van der Waals surface area contributed by atoms with Gasteiger partial charge >= 0.3 is 0 Å². The van der Waals surface area contributed by atoms with Gasteiger partial charge in [0.2, 0.25) is 0 Å². The molecule has 0 N–H and O–H groups in total. The number of carbonyl (C=O) groups excluding carboxylic acids is 1. The lowest BCUT2D eigenvalue weighted by Crippen LogP contribution is -2.50. The molecule has 0 aliphatic carbocycles. The maximum atomic E-state index is 13.7. The molecule has 0 radical (unpaired) electrons. The lowest BCUT2D eigenvalue weighted by Gasteiger charge is -2.38. The first-order chi connectivity index (χ1) is 14.8. The third-order valence-electron chi connectivity index (χ3n) is 6.77. The quantitative estimate of drug-likeness (QED) is 0.618. The van der Waals surface area contributed by atoms with Crippen LogP contribution in [0.25, 0.3) is 16.7 Å². The van der Waals surface area contributed by atoms with Crippen LogP contribution in [0.1, 0.15) is 49.5 Å². The Hall–Kier alpha value is -2.68. The van der Waals surface area contributed by atoms with Gasteiger partial charge in [-0.05, 0) is 50.3 Å². The van der Waals surface area contributed by atoms with Crippen LogP contribution >= 0.6 is 0 Å². The molecule has 5 rings (SSSR count). The van der Waals surface area contributed by atoms with E-state index in [1.807, 2.05) is 22.5 Å². The first-order valence-corrected chi connectivity index (χ1v) is 12.8. The van der Waals surface area contributed by atoms with Crippen molar-refractivity contribution < 1.29 is 13.2 Å². The Kier molecular flexibility index (Phi) is 4.69. The maximum absolute atomic E-state index is 13.7. The Bertz CT molecular complexity index is 1340. The van der Waals surface area contributed by atoms with E-state index in [2.05, 4.69) is 4.98 Å². The molecule has 2 fully saturated rings. The van der Waals surface area contributed by atoms with Gasteiger partial charge in [-0.1, -0.05) is 13.0 Å². The molecule has 3 aromatic heterocycles. The van der Waals surface area contributed by atoms with Crippen molar-refractivity contribution in [3.8, 4) is 0 Å². The molecule has 0 spiro atoms. The first kappa shape index (κ1) is 20.2. The zero-order valence-electron chi connectivity index (χ0n) is 17.7. The van der Waals surface area contributed by atoms with Crippen LogP contribution in [0.15, 0.2) is 35.3 Å². The van der Waals surface area contributed by atoms with E-state index in [1.54, 1.807) is 24.4 Å². The lowest BCUT2D eigenvalue weighted by molar-refractivity contribution is 0.0587. The summed E-state index contributed by atoms with van der Waals surface area (Å²) in [4.78, 5) is 33.3. The molecule has 5 heterocycles. The number of nitrogens with zero attached hydrogens (tertiary/aromatic N) is 4. The van der Waals surface area contributed by atoms with Crippen molar-refractivity contribution in [1.82, 2.24) is 18.9 Å². The molecular formula is C22H26N4O4S. The van der Waals surface area contributed by atoms with Gasteiger partial charge in [-0.15, -0.1) is 0 Å². The van der Waals surface area contributed by atoms with Crippen LogP contribution in [0.4, 0.5) is 0 Å². The van der Waals surface area contributed by atoms with Crippen LogP contribution in [0.5, 0.6) is 0 Å². The Morgan fingerprint density at radius 3 is 2.55 bits per heavy atom. The topological polar surface area (TPSA) is 93.8 Å². The van der Waals surface area contributed by atoms with Gasteiger partial charge in [-0.2, -0.15) is 0 Å². The fourth-order valence-corrected chi connectivity index (χ4v) is 6.46. The van der Waals surface area contributed by atoms with E-state index in [0.29, 0.717) is 41.8 Å². The zero-order chi connectivity index (χ0) is 21.9. The van der Waals surface area contributed by atoms with Crippen LogP contribution in [0.2, 0.25) is 0 Å². The van der Waals surface area contributed by atoms with Gasteiger partial charge in [0.25, 0.3) is 11.5 Å². The smallest absolute Gasteiger partial charge is 0.271 e. The summed E-state index contributed by atoms with van der Waals surface area (Å²) < 4.78 is 27.6. The number of aryl methyl sites for hydroxylation is 1. The minimum Gasteiger partial charge on any atom is -0.331 e. The Balaban J connectivity index is 1.61. The van der Waals surface area contributed by atoms with Crippen molar-refractivity contribution in [3.05, 3.63) is 46.5 Å². The number of rotatable bonds is 4. The van der Waals surface area contributed by atoms with E-state index < -0.39 is 9.84 Å². The van der Waals surface area contributed by atoms with Gasteiger partial charge in [0.1, 0.15) is 26.8 Å². The molecule has 9 heteroatoms. The molecule has 2 saturated heterocycles. The van der Waals surface area contributed by atoms with Gasteiger partial charge in [0, 0.05) is 31.1 Å². The molecule has 0 saturated carbocycles. The van der Waals surface area contributed by atoms with Crippen molar-refractivity contribution in [2.75, 3.05) is 6.26 Å². The maximum Gasteiger partial charge on any atom is 0.271 e. The van der Waals surface area contributed by atoms with Gasteiger partial charge < -0.3 is 9.47 Å². The van der Waals surface area contributed by atoms with Gasteiger partial charge in [-0.25, -0.2) is 13.4 Å². The SMILES string of the molecule is CCCn1c(C(=O)N2C3CCC2CC(S(C)(=O)=O)C3)cc2c(=O)n3ccccc3nc21. The molecular weight excluding hydrogens is 416 g/mol. The summed E-state index contributed by atoms with van der Waals surface area (Å²) in [5.41, 5.74) is 1.35. The fraction of sp³-hybridized carbons (Fsp3) is 0.500. The molecule has 2 bridgehead atoms. The molecule has 0 aromatic carbocycles. The summed E-state index contributed by atoms with van der Waals surface area (Å²) in [6, 6.07) is 6.91. The third kappa shape index (κ3) is 3.17. The van der Waals surface area contributed by atoms with Gasteiger partial charge in [0.05, 0.1) is 10.6 Å². The molecule has 2 atom stereocenters. The molecule has 8 nitrogen and oxygen atoms in total. The number of pyridine rings is 1.